The third-order valence-corrected chi connectivity index (χ3v) is 8.27. The van der Waals surface area contributed by atoms with E-state index < -0.39 is 10.0 Å². The zero-order chi connectivity index (χ0) is 22.8. The number of carbonyl (C=O) groups is 1. The zero-order valence-electron chi connectivity index (χ0n) is 18.2. The summed E-state index contributed by atoms with van der Waals surface area (Å²) < 4.78 is 28.1. The van der Waals surface area contributed by atoms with Crippen LogP contribution in [0.4, 0.5) is 11.4 Å². The van der Waals surface area contributed by atoms with Gasteiger partial charge in [-0.1, -0.05) is 31.5 Å². The van der Waals surface area contributed by atoms with Crippen molar-refractivity contribution >= 4 is 50.7 Å². The van der Waals surface area contributed by atoms with E-state index in [0.29, 0.717) is 36.9 Å². The molecule has 1 aliphatic heterocycles. The van der Waals surface area contributed by atoms with Crippen LogP contribution in [0, 0.1) is 12.8 Å². The van der Waals surface area contributed by atoms with Crippen LogP contribution in [0.1, 0.15) is 19.4 Å². The van der Waals surface area contributed by atoms with Gasteiger partial charge in [0.15, 0.2) is 0 Å². The van der Waals surface area contributed by atoms with Crippen molar-refractivity contribution in [2.45, 2.75) is 30.6 Å². The Morgan fingerprint density at radius 3 is 2.39 bits per heavy atom. The fraction of sp³-hybridized carbons (Fsp3) is 0.409. The molecule has 0 saturated carbocycles. The van der Waals surface area contributed by atoms with Gasteiger partial charge < -0.3 is 10.2 Å². The van der Waals surface area contributed by atoms with E-state index in [2.05, 4.69) is 10.2 Å². The molecule has 0 bridgehead atoms. The molecule has 1 saturated heterocycles. The van der Waals surface area contributed by atoms with Crippen LogP contribution < -0.4 is 10.2 Å². The number of rotatable bonds is 6. The largest absolute Gasteiger partial charge is 0.369 e. The molecule has 1 aliphatic rings. The molecule has 0 radical (unpaired) electrons. The average molecular weight is 482 g/mol. The van der Waals surface area contributed by atoms with Gasteiger partial charge in [-0.3, -0.25) is 4.79 Å². The van der Waals surface area contributed by atoms with Gasteiger partial charge in [0.05, 0.1) is 10.6 Å². The Hall–Kier alpha value is -1.74. The zero-order valence-corrected chi connectivity index (χ0v) is 20.6. The fourth-order valence-corrected chi connectivity index (χ4v) is 5.61. The molecule has 1 amide bonds. The van der Waals surface area contributed by atoms with Gasteiger partial charge in [-0.15, -0.1) is 11.8 Å². The lowest BCUT2D eigenvalue weighted by Gasteiger charge is -2.36. The normalized spacial score (nSPS) is 15.4. The Kier molecular flexibility index (Phi) is 7.57. The number of hydrogen-bond donors (Lipinski definition) is 1. The molecule has 168 valence electrons. The topological polar surface area (TPSA) is 69.7 Å². The maximum Gasteiger partial charge on any atom is 0.243 e. The van der Waals surface area contributed by atoms with E-state index in [9.17, 15) is 13.2 Å². The maximum absolute atomic E-state index is 13.3. The molecule has 0 atom stereocenters. The van der Waals surface area contributed by atoms with E-state index in [1.54, 1.807) is 32.0 Å². The number of carbonyl (C=O) groups excluding carboxylic acids is 1. The van der Waals surface area contributed by atoms with Crippen LogP contribution in [0.5, 0.6) is 0 Å². The standard InChI is InChI=1S/C22H28ClN3O3S2/c1-15(2)22(27)24-19-14-18(7-8-21(19)30-4)31(28,29)26-11-9-25(10-12-26)20-13-17(23)6-5-16(20)3/h5-8,13-15H,9-12H2,1-4H3,(H,24,27). The summed E-state index contributed by atoms with van der Waals surface area (Å²) in [6.45, 7) is 7.56. The third kappa shape index (κ3) is 5.37. The van der Waals surface area contributed by atoms with Gasteiger partial charge in [-0.25, -0.2) is 8.42 Å². The highest BCUT2D eigenvalue weighted by Crippen LogP contribution is 2.31. The van der Waals surface area contributed by atoms with Crippen molar-refractivity contribution in [3.63, 3.8) is 0 Å². The minimum Gasteiger partial charge on any atom is -0.369 e. The summed E-state index contributed by atoms with van der Waals surface area (Å²) in [5, 5.41) is 3.52. The number of sulfonamides is 1. The number of hydrogen-bond acceptors (Lipinski definition) is 5. The molecule has 0 unspecified atom stereocenters. The second-order valence-corrected chi connectivity index (χ2v) is 11.1. The van der Waals surface area contributed by atoms with E-state index in [1.807, 2.05) is 31.4 Å². The minimum atomic E-state index is -3.67. The van der Waals surface area contributed by atoms with E-state index in [1.165, 1.54) is 16.1 Å². The van der Waals surface area contributed by atoms with Gasteiger partial charge in [-0.2, -0.15) is 4.31 Å². The predicted molar refractivity (Wildman–Crippen MR) is 129 cm³/mol. The average Bonchev–Trinajstić information content (AvgIpc) is 2.75. The van der Waals surface area contributed by atoms with Gasteiger partial charge in [0.25, 0.3) is 0 Å². The molecular formula is C22H28ClN3O3S2. The van der Waals surface area contributed by atoms with Crippen LogP contribution in [-0.4, -0.2) is 51.1 Å². The molecule has 9 heteroatoms. The quantitative estimate of drug-likeness (QED) is 0.616. The summed E-state index contributed by atoms with van der Waals surface area (Å²) in [7, 11) is -3.67. The number of anilines is 2. The van der Waals surface area contributed by atoms with Gasteiger partial charge in [-0.05, 0) is 49.1 Å². The molecule has 2 aromatic rings. The van der Waals surface area contributed by atoms with E-state index in [0.717, 1.165) is 16.1 Å². The Labute approximate surface area is 194 Å². The molecule has 1 N–H and O–H groups in total. The minimum absolute atomic E-state index is 0.143. The highest BCUT2D eigenvalue weighted by Gasteiger charge is 2.29. The van der Waals surface area contributed by atoms with Crippen molar-refractivity contribution in [1.82, 2.24) is 4.31 Å². The number of aryl methyl sites for hydroxylation is 1. The lowest BCUT2D eigenvalue weighted by molar-refractivity contribution is -0.118. The number of benzene rings is 2. The fourth-order valence-electron chi connectivity index (χ4n) is 3.46. The summed E-state index contributed by atoms with van der Waals surface area (Å²) in [6, 6.07) is 10.7. The van der Waals surface area contributed by atoms with Crippen molar-refractivity contribution < 1.29 is 13.2 Å². The smallest absolute Gasteiger partial charge is 0.243 e. The van der Waals surface area contributed by atoms with Crippen molar-refractivity contribution in [3.8, 4) is 0 Å². The first-order valence-corrected chi connectivity index (χ1v) is 13.2. The number of nitrogens with zero attached hydrogens (tertiary/aromatic N) is 2. The van der Waals surface area contributed by atoms with E-state index in [4.69, 9.17) is 11.6 Å². The summed E-state index contributed by atoms with van der Waals surface area (Å²) in [5.41, 5.74) is 2.67. The predicted octanol–water partition coefficient (Wildman–Crippen LogP) is 4.48. The van der Waals surface area contributed by atoms with Crippen LogP contribution in [0.25, 0.3) is 0 Å². The second-order valence-electron chi connectivity index (χ2n) is 7.83. The highest BCUT2D eigenvalue weighted by molar-refractivity contribution is 7.98. The number of piperazine rings is 1. The first kappa shape index (κ1) is 23.9. The molecule has 3 rings (SSSR count). The van der Waals surface area contributed by atoms with E-state index >= 15 is 0 Å². The summed E-state index contributed by atoms with van der Waals surface area (Å²) >= 11 is 7.61. The Balaban J connectivity index is 1.79. The van der Waals surface area contributed by atoms with Crippen molar-refractivity contribution in [3.05, 3.63) is 47.0 Å². The SMILES string of the molecule is CSc1ccc(S(=O)(=O)N2CCN(c3cc(Cl)ccc3C)CC2)cc1NC(=O)C(C)C. The Morgan fingerprint density at radius 2 is 1.77 bits per heavy atom. The van der Waals surface area contributed by atoms with Gasteiger partial charge in [0.1, 0.15) is 0 Å². The third-order valence-electron chi connectivity index (χ3n) is 5.34. The van der Waals surface area contributed by atoms with Crippen LogP contribution >= 0.6 is 23.4 Å². The van der Waals surface area contributed by atoms with Crippen molar-refractivity contribution in [2.24, 2.45) is 5.92 Å². The van der Waals surface area contributed by atoms with Crippen LogP contribution in [0.2, 0.25) is 5.02 Å². The molecule has 0 spiro atoms. The molecule has 0 aliphatic carbocycles. The van der Waals surface area contributed by atoms with Gasteiger partial charge in [0.2, 0.25) is 15.9 Å². The molecule has 1 heterocycles. The number of halogens is 1. The summed E-state index contributed by atoms with van der Waals surface area (Å²) in [5.74, 6) is -0.339. The first-order chi connectivity index (χ1) is 14.6. The van der Waals surface area contributed by atoms with Crippen LogP contribution in [0.3, 0.4) is 0 Å². The van der Waals surface area contributed by atoms with Crippen LogP contribution in [-0.2, 0) is 14.8 Å². The monoisotopic (exact) mass is 481 g/mol. The molecule has 1 fully saturated rings. The lowest BCUT2D eigenvalue weighted by atomic mass is 10.1. The molecule has 31 heavy (non-hydrogen) atoms. The highest BCUT2D eigenvalue weighted by atomic mass is 35.5. The maximum atomic E-state index is 13.3. The van der Waals surface area contributed by atoms with Crippen LogP contribution in [0.15, 0.2) is 46.2 Å². The summed E-state index contributed by atoms with van der Waals surface area (Å²) in [4.78, 5) is 15.4. The summed E-state index contributed by atoms with van der Waals surface area (Å²) in [6.07, 6.45) is 1.89. The van der Waals surface area contributed by atoms with Crippen molar-refractivity contribution in [2.75, 3.05) is 42.7 Å². The Bertz CT molecular complexity index is 1070. The molecule has 0 aromatic heterocycles. The van der Waals surface area contributed by atoms with Gasteiger partial charge in [0, 0.05) is 47.7 Å². The van der Waals surface area contributed by atoms with Gasteiger partial charge >= 0.3 is 0 Å². The molecular weight excluding hydrogens is 454 g/mol. The lowest BCUT2D eigenvalue weighted by Crippen LogP contribution is -2.48. The number of nitrogens with one attached hydrogen (secondary N) is 1. The van der Waals surface area contributed by atoms with E-state index in [-0.39, 0.29) is 16.7 Å². The second kappa shape index (κ2) is 9.81. The van der Waals surface area contributed by atoms with Crippen molar-refractivity contribution in [1.29, 1.82) is 0 Å². The number of thioether (sulfide) groups is 1. The first-order valence-electron chi connectivity index (χ1n) is 10.1. The molecule has 6 nitrogen and oxygen atoms in total. The number of amides is 1. The Morgan fingerprint density at radius 1 is 1.10 bits per heavy atom. The molecule has 2 aromatic carbocycles.